The first-order valence-corrected chi connectivity index (χ1v) is 9.10. The molecule has 1 fully saturated rings. The van der Waals surface area contributed by atoms with Gasteiger partial charge in [0, 0.05) is 30.9 Å². The van der Waals surface area contributed by atoms with Gasteiger partial charge < -0.3 is 10.6 Å². The van der Waals surface area contributed by atoms with E-state index in [0.717, 1.165) is 37.4 Å². The van der Waals surface area contributed by atoms with Gasteiger partial charge in [0.25, 0.3) is 0 Å². The molecule has 3 heterocycles. The van der Waals surface area contributed by atoms with Crippen molar-refractivity contribution in [3.8, 4) is 0 Å². The summed E-state index contributed by atoms with van der Waals surface area (Å²) in [6.07, 6.45) is 4.66. The first kappa shape index (κ1) is 16.9. The summed E-state index contributed by atoms with van der Waals surface area (Å²) in [6, 6.07) is 3.92. The molecule has 7 heteroatoms. The zero-order chi connectivity index (χ0) is 16.9. The number of carbonyl (C=O) groups excluding carboxylic acids is 1. The van der Waals surface area contributed by atoms with Crippen LogP contribution in [0.3, 0.4) is 0 Å². The van der Waals surface area contributed by atoms with Crippen molar-refractivity contribution < 1.29 is 4.79 Å². The average molecular weight is 345 g/mol. The van der Waals surface area contributed by atoms with Crippen molar-refractivity contribution in [2.75, 3.05) is 30.3 Å². The van der Waals surface area contributed by atoms with Crippen LogP contribution >= 0.6 is 11.3 Å². The molecule has 0 saturated carbocycles. The molecule has 3 rings (SSSR count). The first-order chi connectivity index (χ1) is 11.6. The SMILES string of the molecule is Cc1ccc(NC[C@@H]2CCN([C@H](C)C(=O)Nc3nccs3)C2)nc1. The fourth-order valence-corrected chi connectivity index (χ4v) is 3.39. The number of hydrogen-bond acceptors (Lipinski definition) is 6. The van der Waals surface area contributed by atoms with E-state index >= 15 is 0 Å². The number of anilines is 2. The van der Waals surface area contributed by atoms with E-state index in [9.17, 15) is 4.79 Å². The first-order valence-electron chi connectivity index (χ1n) is 8.23. The largest absolute Gasteiger partial charge is 0.370 e. The molecule has 128 valence electrons. The Morgan fingerprint density at radius 1 is 1.46 bits per heavy atom. The van der Waals surface area contributed by atoms with Gasteiger partial charge in [0.1, 0.15) is 5.82 Å². The number of hydrogen-bond donors (Lipinski definition) is 2. The number of aromatic nitrogens is 2. The van der Waals surface area contributed by atoms with Gasteiger partial charge in [-0.3, -0.25) is 9.69 Å². The van der Waals surface area contributed by atoms with Crippen molar-refractivity contribution in [3.63, 3.8) is 0 Å². The van der Waals surface area contributed by atoms with Crippen molar-refractivity contribution in [1.29, 1.82) is 0 Å². The highest BCUT2D eigenvalue weighted by atomic mass is 32.1. The molecular weight excluding hydrogens is 322 g/mol. The summed E-state index contributed by atoms with van der Waals surface area (Å²) < 4.78 is 0. The molecule has 0 bridgehead atoms. The summed E-state index contributed by atoms with van der Waals surface area (Å²) in [5.41, 5.74) is 1.16. The second kappa shape index (κ2) is 7.72. The van der Waals surface area contributed by atoms with E-state index in [1.807, 2.05) is 31.5 Å². The van der Waals surface area contributed by atoms with Crippen LogP contribution in [0.25, 0.3) is 0 Å². The summed E-state index contributed by atoms with van der Waals surface area (Å²) in [4.78, 5) is 23.0. The summed E-state index contributed by atoms with van der Waals surface area (Å²) in [5, 5.41) is 8.79. The predicted octanol–water partition coefficient (Wildman–Crippen LogP) is 2.61. The molecule has 1 saturated heterocycles. The quantitative estimate of drug-likeness (QED) is 0.842. The number of aryl methyl sites for hydroxylation is 1. The Labute approximate surface area is 146 Å². The molecule has 0 unspecified atom stereocenters. The van der Waals surface area contributed by atoms with E-state index < -0.39 is 0 Å². The molecule has 0 aromatic carbocycles. The summed E-state index contributed by atoms with van der Waals surface area (Å²) in [5.74, 6) is 1.45. The molecule has 2 N–H and O–H groups in total. The minimum Gasteiger partial charge on any atom is -0.370 e. The molecular formula is C17H23N5OS. The molecule has 2 aromatic rings. The molecule has 0 aliphatic carbocycles. The van der Waals surface area contributed by atoms with E-state index in [4.69, 9.17) is 0 Å². The monoisotopic (exact) mass is 345 g/mol. The lowest BCUT2D eigenvalue weighted by atomic mass is 10.1. The van der Waals surface area contributed by atoms with Crippen LogP contribution < -0.4 is 10.6 Å². The van der Waals surface area contributed by atoms with Crippen molar-refractivity contribution in [3.05, 3.63) is 35.5 Å². The molecule has 2 atom stereocenters. The molecule has 24 heavy (non-hydrogen) atoms. The standard InChI is InChI=1S/C17H23N5OS/c1-12-3-4-15(19-9-12)20-10-14-5-7-22(11-14)13(2)16(23)21-17-18-6-8-24-17/h3-4,6,8-9,13-14H,5,7,10-11H2,1-2H3,(H,19,20)(H,18,21,23)/t13-,14+/m1/s1. The average Bonchev–Trinajstić information content (AvgIpc) is 3.25. The highest BCUT2D eigenvalue weighted by Gasteiger charge is 2.29. The van der Waals surface area contributed by atoms with E-state index in [1.165, 1.54) is 11.3 Å². The van der Waals surface area contributed by atoms with Gasteiger partial charge in [0.15, 0.2) is 5.13 Å². The predicted molar refractivity (Wildman–Crippen MR) is 97.3 cm³/mol. The van der Waals surface area contributed by atoms with Gasteiger partial charge in [-0.25, -0.2) is 9.97 Å². The van der Waals surface area contributed by atoms with Crippen molar-refractivity contribution in [1.82, 2.24) is 14.9 Å². The van der Waals surface area contributed by atoms with Crippen LogP contribution in [0.1, 0.15) is 18.9 Å². The fraction of sp³-hybridized carbons (Fsp3) is 0.471. The zero-order valence-electron chi connectivity index (χ0n) is 14.0. The van der Waals surface area contributed by atoms with Crippen molar-refractivity contribution in [2.45, 2.75) is 26.3 Å². The molecule has 0 spiro atoms. The summed E-state index contributed by atoms with van der Waals surface area (Å²) in [6.45, 7) is 6.74. The molecule has 0 radical (unpaired) electrons. The lowest BCUT2D eigenvalue weighted by Gasteiger charge is -2.23. The minimum absolute atomic E-state index is 0.0127. The summed E-state index contributed by atoms with van der Waals surface area (Å²) >= 11 is 1.44. The maximum atomic E-state index is 12.3. The maximum absolute atomic E-state index is 12.3. The van der Waals surface area contributed by atoms with E-state index in [-0.39, 0.29) is 11.9 Å². The Balaban J connectivity index is 1.45. The van der Waals surface area contributed by atoms with Crippen LogP contribution in [0.5, 0.6) is 0 Å². The Morgan fingerprint density at radius 3 is 3.04 bits per heavy atom. The van der Waals surface area contributed by atoms with Gasteiger partial charge in [-0.1, -0.05) is 6.07 Å². The van der Waals surface area contributed by atoms with Gasteiger partial charge >= 0.3 is 0 Å². The minimum atomic E-state index is -0.142. The van der Waals surface area contributed by atoms with Gasteiger partial charge in [-0.15, -0.1) is 11.3 Å². The number of amides is 1. The normalized spacial score (nSPS) is 19.2. The van der Waals surface area contributed by atoms with Crippen LogP contribution in [0, 0.1) is 12.8 Å². The van der Waals surface area contributed by atoms with E-state index in [0.29, 0.717) is 11.0 Å². The number of carbonyl (C=O) groups is 1. The van der Waals surface area contributed by atoms with Crippen LogP contribution in [-0.2, 0) is 4.79 Å². The molecule has 2 aromatic heterocycles. The number of nitrogens with one attached hydrogen (secondary N) is 2. The number of likely N-dealkylation sites (tertiary alicyclic amines) is 1. The van der Waals surface area contributed by atoms with E-state index in [2.05, 4.69) is 31.6 Å². The second-order valence-electron chi connectivity index (χ2n) is 6.25. The molecule has 6 nitrogen and oxygen atoms in total. The van der Waals surface area contributed by atoms with E-state index in [1.54, 1.807) is 6.20 Å². The Morgan fingerprint density at radius 2 is 2.33 bits per heavy atom. The lowest BCUT2D eigenvalue weighted by molar-refractivity contribution is -0.120. The van der Waals surface area contributed by atoms with Gasteiger partial charge in [-0.05, 0) is 44.4 Å². The smallest absolute Gasteiger partial charge is 0.243 e. The topological polar surface area (TPSA) is 70.2 Å². The number of rotatable bonds is 6. The third-order valence-electron chi connectivity index (χ3n) is 4.39. The lowest BCUT2D eigenvalue weighted by Crippen LogP contribution is -2.41. The van der Waals surface area contributed by atoms with Crippen molar-refractivity contribution in [2.24, 2.45) is 5.92 Å². The highest BCUT2D eigenvalue weighted by molar-refractivity contribution is 7.13. The Kier molecular flexibility index (Phi) is 5.42. The maximum Gasteiger partial charge on any atom is 0.243 e. The van der Waals surface area contributed by atoms with Gasteiger partial charge in [0.2, 0.25) is 5.91 Å². The highest BCUT2D eigenvalue weighted by Crippen LogP contribution is 2.20. The Bertz CT molecular complexity index is 658. The van der Waals surface area contributed by atoms with Crippen LogP contribution in [0.2, 0.25) is 0 Å². The number of nitrogens with zero attached hydrogens (tertiary/aromatic N) is 3. The Hall–Kier alpha value is -1.99. The van der Waals surface area contributed by atoms with Gasteiger partial charge in [0.05, 0.1) is 6.04 Å². The number of pyridine rings is 1. The second-order valence-corrected chi connectivity index (χ2v) is 7.15. The zero-order valence-corrected chi connectivity index (χ0v) is 14.8. The van der Waals surface area contributed by atoms with Crippen molar-refractivity contribution >= 4 is 28.2 Å². The van der Waals surface area contributed by atoms with Crippen LogP contribution in [0.4, 0.5) is 10.9 Å². The molecule has 1 amide bonds. The van der Waals surface area contributed by atoms with Gasteiger partial charge in [-0.2, -0.15) is 0 Å². The third-order valence-corrected chi connectivity index (χ3v) is 5.08. The number of thiazole rings is 1. The third kappa shape index (κ3) is 4.30. The molecule has 1 aliphatic heterocycles. The summed E-state index contributed by atoms with van der Waals surface area (Å²) in [7, 11) is 0. The molecule has 1 aliphatic rings. The fourth-order valence-electron chi connectivity index (χ4n) is 2.86. The van der Waals surface area contributed by atoms with Crippen LogP contribution in [0.15, 0.2) is 29.9 Å². The van der Waals surface area contributed by atoms with Crippen LogP contribution in [-0.4, -0.2) is 46.5 Å².